The third-order valence-corrected chi connectivity index (χ3v) is 6.77. The highest BCUT2D eigenvalue weighted by Gasteiger charge is 2.21. The number of fused-ring (bicyclic) bond motifs is 1. The molecule has 3 aromatic rings. The number of benzene rings is 2. The summed E-state index contributed by atoms with van der Waals surface area (Å²) >= 11 is 6.03. The van der Waals surface area contributed by atoms with Gasteiger partial charge in [0.15, 0.2) is 0 Å². The Morgan fingerprint density at radius 3 is 2.33 bits per heavy atom. The molecule has 0 N–H and O–H groups in total. The Balaban J connectivity index is 1.58. The summed E-state index contributed by atoms with van der Waals surface area (Å²) in [6.45, 7) is 5.79. The van der Waals surface area contributed by atoms with Crippen LogP contribution in [0.2, 0.25) is 5.02 Å². The zero-order valence-electron chi connectivity index (χ0n) is 20.8. The lowest BCUT2D eigenvalue weighted by Crippen LogP contribution is -2.38. The van der Waals surface area contributed by atoms with Gasteiger partial charge in [0.25, 0.3) is 0 Å². The van der Waals surface area contributed by atoms with Crippen molar-refractivity contribution >= 4 is 29.1 Å². The minimum Gasteiger partial charge on any atom is -0.338 e. The summed E-state index contributed by atoms with van der Waals surface area (Å²) in [5.41, 5.74) is 3.83. The van der Waals surface area contributed by atoms with Crippen molar-refractivity contribution in [2.45, 2.75) is 39.3 Å². The molecule has 0 atom stereocenters. The van der Waals surface area contributed by atoms with Crippen molar-refractivity contribution in [3.63, 3.8) is 0 Å². The van der Waals surface area contributed by atoms with Gasteiger partial charge in [0.2, 0.25) is 11.8 Å². The van der Waals surface area contributed by atoms with Crippen molar-refractivity contribution in [3.8, 4) is 0 Å². The van der Waals surface area contributed by atoms with Crippen LogP contribution in [0.1, 0.15) is 36.6 Å². The van der Waals surface area contributed by atoms with Gasteiger partial charge in [0.05, 0.1) is 12.1 Å². The summed E-state index contributed by atoms with van der Waals surface area (Å²) in [5.74, 6) is 0.0738. The molecule has 0 spiro atoms. The van der Waals surface area contributed by atoms with Gasteiger partial charge < -0.3 is 9.80 Å². The fraction of sp³-hybridized carbons (Fsp3) is 0.345. The van der Waals surface area contributed by atoms with Gasteiger partial charge in [-0.25, -0.2) is 0 Å². The van der Waals surface area contributed by atoms with Crippen LogP contribution in [0.4, 0.5) is 5.69 Å². The van der Waals surface area contributed by atoms with Crippen LogP contribution in [-0.2, 0) is 29.1 Å². The molecule has 4 rings (SSSR count). The Labute approximate surface area is 218 Å². The van der Waals surface area contributed by atoms with Crippen LogP contribution in [0, 0.1) is 0 Å². The van der Waals surface area contributed by atoms with E-state index >= 15 is 0 Å². The van der Waals surface area contributed by atoms with Crippen molar-refractivity contribution in [1.82, 2.24) is 14.8 Å². The fourth-order valence-electron chi connectivity index (χ4n) is 4.67. The molecule has 0 fully saturated rings. The first-order valence-corrected chi connectivity index (χ1v) is 12.9. The minimum atomic E-state index is 0.00910. The highest BCUT2D eigenvalue weighted by Crippen LogP contribution is 2.24. The van der Waals surface area contributed by atoms with Crippen LogP contribution < -0.4 is 4.90 Å². The normalized spacial score (nSPS) is 15.5. The summed E-state index contributed by atoms with van der Waals surface area (Å²) < 4.78 is 0. The van der Waals surface area contributed by atoms with E-state index in [1.165, 1.54) is 0 Å². The third-order valence-electron chi connectivity index (χ3n) is 6.52. The molecule has 0 unspecified atom stereocenters. The molecule has 2 aromatic carbocycles. The number of amides is 2. The van der Waals surface area contributed by atoms with Crippen LogP contribution in [0.25, 0.3) is 0 Å². The molecule has 2 heterocycles. The number of para-hydroxylation sites is 1. The lowest BCUT2D eigenvalue weighted by atomic mass is 10.1. The SMILES string of the molecule is CC(=O)N1CCCN(Cc2ccccn2)CCCN(C(=O)Cc2ccc(Cl)cc2)Cc2ccccc21. The molecule has 1 aliphatic heterocycles. The maximum Gasteiger partial charge on any atom is 0.227 e. The summed E-state index contributed by atoms with van der Waals surface area (Å²) in [7, 11) is 0. The second kappa shape index (κ2) is 12.7. The molecule has 2 amide bonds. The highest BCUT2D eigenvalue weighted by molar-refractivity contribution is 6.30. The number of anilines is 1. The Hall–Kier alpha value is -3.22. The Morgan fingerprint density at radius 1 is 0.889 bits per heavy atom. The molecule has 0 aliphatic carbocycles. The first kappa shape index (κ1) is 25.9. The summed E-state index contributed by atoms with van der Waals surface area (Å²) in [6, 6.07) is 21.3. The van der Waals surface area contributed by atoms with E-state index in [0.717, 1.165) is 55.0 Å². The van der Waals surface area contributed by atoms with E-state index < -0.39 is 0 Å². The van der Waals surface area contributed by atoms with Gasteiger partial charge in [-0.3, -0.25) is 19.5 Å². The number of pyridine rings is 1. The maximum absolute atomic E-state index is 13.5. The molecular weight excluding hydrogens is 472 g/mol. The number of aromatic nitrogens is 1. The third kappa shape index (κ3) is 7.15. The van der Waals surface area contributed by atoms with Crippen molar-refractivity contribution in [1.29, 1.82) is 0 Å². The van der Waals surface area contributed by atoms with Gasteiger partial charge in [-0.05, 0) is 54.3 Å². The molecule has 188 valence electrons. The van der Waals surface area contributed by atoms with E-state index in [1.54, 1.807) is 6.92 Å². The first-order chi connectivity index (χ1) is 17.5. The summed E-state index contributed by atoms with van der Waals surface area (Å²) in [5, 5.41) is 0.656. The quantitative estimate of drug-likeness (QED) is 0.504. The van der Waals surface area contributed by atoms with Gasteiger partial charge in [-0.1, -0.05) is 48.0 Å². The minimum absolute atomic E-state index is 0.00910. The average Bonchev–Trinajstić information content (AvgIpc) is 2.87. The van der Waals surface area contributed by atoms with E-state index in [9.17, 15) is 9.59 Å². The van der Waals surface area contributed by atoms with Crippen LogP contribution in [0.3, 0.4) is 0 Å². The molecule has 0 saturated heterocycles. The largest absolute Gasteiger partial charge is 0.338 e. The monoisotopic (exact) mass is 504 g/mol. The van der Waals surface area contributed by atoms with Crippen molar-refractivity contribution in [2.24, 2.45) is 0 Å². The molecule has 1 aliphatic rings. The zero-order valence-corrected chi connectivity index (χ0v) is 21.5. The van der Waals surface area contributed by atoms with E-state index in [1.807, 2.05) is 82.7 Å². The van der Waals surface area contributed by atoms with Crippen LogP contribution in [-0.4, -0.2) is 52.8 Å². The molecule has 36 heavy (non-hydrogen) atoms. The van der Waals surface area contributed by atoms with Crippen LogP contribution >= 0.6 is 11.6 Å². The predicted octanol–water partition coefficient (Wildman–Crippen LogP) is 4.96. The molecule has 0 saturated carbocycles. The Kier molecular flexibility index (Phi) is 9.09. The van der Waals surface area contributed by atoms with Gasteiger partial charge in [0.1, 0.15) is 0 Å². The average molecular weight is 505 g/mol. The topological polar surface area (TPSA) is 56.8 Å². The van der Waals surface area contributed by atoms with Gasteiger partial charge in [-0.2, -0.15) is 0 Å². The van der Waals surface area contributed by atoms with Gasteiger partial charge in [0, 0.05) is 63.1 Å². The highest BCUT2D eigenvalue weighted by atomic mass is 35.5. The van der Waals surface area contributed by atoms with E-state index in [0.29, 0.717) is 31.1 Å². The number of nitrogens with zero attached hydrogens (tertiary/aromatic N) is 4. The van der Waals surface area contributed by atoms with Crippen LogP contribution in [0.5, 0.6) is 0 Å². The summed E-state index contributed by atoms with van der Waals surface area (Å²) in [6.07, 6.45) is 3.85. The smallest absolute Gasteiger partial charge is 0.227 e. The van der Waals surface area contributed by atoms with Gasteiger partial charge >= 0.3 is 0 Å². The molecule has 0 bridgehead atoms. The lowest BCUT2D eigenvalue weighted by Gasteiger charge is -2.31. The first-order valence-electron chi connectivity index (χ1n) is 12.5. The maximum atomic E-state index is 13.5. The second-order valence-electron chi connectivity index (χ2n) is 9.22. The second-order valence-corrected chi connectivity index (χ2v) is 9.66. The molecule has 1 aromatic heterocycles. The number of hydrogen-bond acceptors (Lipinski definition) is 4. The zero-order chi connectivity index (χ0) is 25.3. The van der Waals surface area contributed by atoms with Crippen molar-refractivity contribution in [2.75, 3.05) is 31.1 Å². The number of halogens is 1. The number of hydrogen-bond donors (Lipinski definition) is 0. The van der Waals surface area contributed by atoms with E-state index in [2.05, 4.69) is 9.88 Å². The summed E-state index contributed by atoms with van der Waals surface area (Å²) in [4.78, 5) is 36.7. The number of carbonyl (C=O) groups is 2. The number of carbonyl (C=O) groups excluding carboxylic acids is 2. The van der Waals surface area contributed by atoms with Crippen molar-refractivity contribution < 1.29 is 9.59 Å². The fourth-order valence-corrected chi connectivity index (χ4v) is 4.80. The number of rotatable bonds is 4. The van der Waals surface area contributed by atoms with Crippen LogP contribution in [0.15, 0.2) is 72.9 Å². The Bertz CT molecular complexity index is 1150. The van der Waals surface area contributed by atoms with Gasteiger partial charge in [-0.15, -0.1) is 0 Å². The predicted molar refractivity (Wildman–Crippen MR) is 144 cm³/mol. The standard InChI is InChI=1S/C29H33ClN4O2/c1-23(35)34-19-7-17-32(22-27-9-4-5-15-31-27)16-6-18-33(21-25-8-2-3-10-28(25)34)29(36)20-24-11-13-26(30)14-12-24/h2-5,8-15H,6-7,16-22H2,1H3. The molecular formula is C29H33ClN4O2. The van der Waals surface area contributed by atoms with E-state index in [4.69, 9.17) is 11.6 Å². The lowest BCUT2D eigenvalue weighted by molar-refractivity contribution is -0.131. The molecule has 0 radical (unpaired) electrons. The van der Waals surface area contributed by atoms with Crippen molar-refractivity contribution in [3.05, 3.63) is 94.8 Å². The molecule has 7 heteroatoms. The van der Waals surface area contributed by atoms with E-state index in [-0.39, 0.29) is 11.8 Å². The molecule has 6 nitrogen and oxygen atoms in total. The Morgan fingerprint density at radius 2 is 1.61 bits per heavy atom.